The van der Waals surface area contributed by atoms with E-state index in [1.54, 1.807) is 11.1 Å². The lowest BCUT2D eigenvalue weighted by atomic mass is 9.84. The van der Waals surface area contributed by atoms with Crippen LogP contribution in [0.1, 0.15) is 284 Å². The van der Waals surface area contributed by atoms with Crippen molar-refractivity contribution in [2.24, 2.45) is 88.3 Å². The molecule has 98 heavy (non-hydrogen) atoms. The van der Waals surface area contributed by atoms with Gasteiger partial charge in [-0.25, -0.2) is 0 Å². The van der Waals surface area contributed by atoms with Crippen LogP contribution in [0.2, 0.25) is 0 Å². The molecule has 0 bridgehead atoms. The fraction of sp³-hybridized carbons (Fsp3) is 0.592. The van der Waals surface area contributed by atoms with Crippen LogP contribution in [0.25, 0.3) is 21.9 Å². The second kappa shape index (κ2) is 52.7. The Bertz CT molecular complexity index is 2870. The SMILES string of the molecule is CC(C)C.CC(C)C(C)(C)C.CC(C)C1Cc2ccccc2C1.CC(C)CC(C)C.CC(C)CC1CC1.CC(C)CC1CCCCC1.CC(C)CCc1ccccc1.CC(C)Cc1ccc(-c2ccccc2)cc1.CC(C)Cc1ccc2ccccc2c1.CC(C)Cc1ccccc1. The molecule has 3 aliphatic rings. The van der Waals surface area contributed by atoms with Crippen molar-refractivity contribution in [3.63, 3.8) is 0 Å². The molecule has 2 fully saturated rings. The molecule has 0 atom stereocenters. The lowest BCUT2D eigenvalue weighted by Gasteiger charge is -2.22. The van der Waals surface area contributed by atoms with E-state index in [2.05, 4.69) is 362 Å². The molecule has 0 aliphatic heterocycles. The van der Waals surface area contributed by atoms with Crippen LogP contribution in [0.15, 0.2) is 182 Å². The zero-order valence-electron chi connectivity index (χ0n) is 68.9. The van der Waals surface area contributed by atoms with Crippen molar-refractivity contribution in [2.75, 3.05) is 0 Å². The average molecular weight is 1330 g/mol. The minimum absolute atomic E-state index is 0.500. The van der Waals surface area contributed by atoms with Crippen LogP contribution in [0, 0.1) is 88.3 Å². The molecule has 0 heterocycles. The first-order chi connectivity index (χ1) is 46.2. The fourth-order valence-corrected chi connectivity index (χ4v) is 12.1. The van der Waals surface area contributed by atoms with Gasteiger partial charge in [0.25, 0.3) is 0 Å². The Hall–Kier alpha value is -5.20. The minimum atomic E-state index is 0.500. The molecular weight excluding hydrogens is 1180 g/mol. The van der Waals surface area contributed by atoms with Crippen molar-refractivity contribution in [3.8, 4) is 11.1 Å². The van der Waals surface area contributed by atoms with E-state index in [0.717, 1.165) is 89.3 Å². The molecule has 10 rings (SSSR count). The van der Waals surface area contributed by atoms with E-state index in [1.165, 1.54) is 147 Å². The summed E-state index contributed by atoms with van der Waals surface area (Å²) in [7, 11) is 0. The molecule has 0 amide bonds. The van der Waals surface area contributed by atoms with Crippen LogP contribution in [-0.2, 0) is 38.5 Å². The number of aryl methyl sites for hydroxylation is 1. The number of fused-ring (bicyclic) bond motifs is 2. The maximum atomic E-state index is 2.34. The molecule has 0 unspecified atom stereocenters. The molecule has 548 valence electrons. The molecule has 0 nitrogen and oxygen atoms in total. The second-order valence-electron chi connectivity index (χ2n) is 35.1. The standard InChI is InChI=1S/C16H18.C14H16.C12H16.C11H16.C10H20.C10H14.C7H14.2C7H16.C4H10/c1-13(2)12-14-8-10-16(11-9-14)15-6-4-3-5-7-15;1-11(2)9-12-7-8-13-5-3-4-6-14(13)10-12;1-9(2)12-7-10-5-3-4-6-11(10)8-12;1-10(2)8-9-11-6-4-3-5-7-11;2*1-9(2)8-10-6-4-3-5-7-10;1-6(2)5-7-3-4-7;1-6(2)7(3,4)5;1-6(2)5-7(3)4;1-4(2)3/h3-11,13H,12H2,1-2H3;3-8,10-11H,9H2,1-2H3;3-6,9,12H,7-8H2,1-2H3;3-7,10H,8-9H2,1-2H3;9-10H,3-8H2,1-2H3;3-7,9H,8H2,1-2H3;6-7H,3-5H2,1-2H3;6H,1-5H3;6-7H,5H2,1-4H3;4H,1-3H3. The molecule has 0 saturated heterocycles. The van der Waals surface area contributed by atoms with Crippen molar-refractivity contribution in [3.05, 3.63) is 215 Å². The van der Waals surface area contributed by atoms with E-state index in [9.17, 15) is 0 Å². The lowest BCUT2D eigenvalue weighted by Crippen LogP contribution is -2.12. The van der Waals surface area contributed by atoms with Gasteiger partial charge in [0.1, 0.15) is 0 Å². The van der Waals surface area contributed by atoms with Gasteiger partial charge in [-0.15, -0.1) is 0 Å². The summed E-state index contributed by atoms with van der Waals surface area (Å²) in [6, 6.07) is 64.8. The highest BCUT2D eigenvalue weighted by molar-refractivity contribution is 5.83. The van der Waals surface area contributed by atoms with Crippen LogP contribution >= 0.6 is 0 Å². The summed E-state index contributed by atoms with van der Waals surface area (Å²) in [4.78, 5) is 0. The van der Waals surface area contributed by atoms with Crippen LogP contribution in [-0.4, -0.2) is 0 Å². The van der Waals surface area contributed by atoms with E-state index >= 15 is 0 Å². The summed E-state index contributed by atoms with van der Waals surface area (Å²) in [5, 5.41) is 2.69. The Morgan fingerprint density at radius 2 is 0.684 bits per heavy atom. The highest BCUT2D eigenvalue weighted by Gasteiger charge is 2.23. The molecular formula is C98H156. The van der Waals surface area contributed by atoms with Gasteiger partial charge in [0.15, 0.2) is 0 Å². The van der Waals surface area contributed by atoms with E-state index in [4.69, 9.17) is 0 Å². The van der Waals surface area contributed by atoms with E-state index in [1.807, 2.05) is 0 Å². The molecule has 0 spiro atoms. The first-order valence-electron chi connectivity index (χ1n) is 40.0. The summed E-state index contributed by atoms with van der Waals surface area (Å²) in [6.07, 6.45) is 23.5. The number of rotatable bonds is 17. The van der Waals surface area contributed by atoms with Crippen LogP contribution < -0.4 is 0 Å². The molecule has 0 radical (unpaired) electrons. The van der Waals surface area contributed by atoms with Crippen molar-refractivity contribution in [1.82, 2.24) is 0 Å². The smallest absolute Gasteiger partial charge is 0.0181 e. The Balaban J connectivity index is 0.000000554. The molecule has 7 aromatic rings. The van der Waals surface area contributed by atoms with Crippen molar-refractivity contribution in [1.29, 1.82) is 0 Å². The van der Waals surface area contributed by atoms with Gasteiger partial charge in [0.05, 0.1) is 0 Å². The third kappa shape index (κ3) is 49.4. The molecule has 7 aromatic carbocycles. The Labute approximate surface area is 611 Å². The Morgan fingerprint density at radius 1 is 0.327 bits per heavy atom. The van der Waals surface area contributed by atoms with Gasteiger partial charge in [0, 0.05) is 0 Å². The third-order valence-electron chi connectivity index (χ3n) is 18.2. The first-order valence-corrected chi connectivity index (χ1v) is 40.0. The summed E-state index contributed by atoms with van der Waals surface area (Å²) in [6.45, 7) is 58.8. The number of benzene rings is 7. The van der Waals surface area contributed by atoms with Gasteiger partial charge in [0.2, 0.25) is 0 Å². The summed E-state index contributed by atoms with van der Waals surface area (Å²) < 4.78 is 0. The van der Waals surface area contributed by atoms with Gasteiger partial charge >= 0.3 is 0 Å². The monoisotopic (exact) mass is 1330 g/mol. The normalized spacial score (nSPS) is 13.4. The minimum Gasteiger partial charge on any atom is -0.0630 e. The van der Waals surface area contributed by atoms with Crippen LogP contribution in [0.3, 0.4) is 0 Å². The highest BCUT2D eigenvalue weighted by Crippen LogP contribution is 2.35. The van der Waals surface area contributed by atoms with Gasteiger partial charge < -0.3 is 0 Å². The summed E-state index contributed by atoms with van der Waals surface area (Å²) in [5.41, 5.74) is 12.0. The van der Waals surface area contributed by atoms with E-state index in [0.29, 0.717) is 5.41 Å². The quantitative estimate of drug-likeness (QED) is 0.0852. The molecule has 3 aliphatic carbocycles. The number of hydrogen-bond donors (Lipinski definition) is 0. The fourth-order valence-electron chi connectivity index (χ4n) is 12.1. The van der Waals surface area contributed by atoms with Gasteiger partial charge in [-0.1, -0.05) is 407 Å². The molecule has 0 heteroatoms. The van der Waals surface area contributed by atoms with Gasteiger partial charge in [-0.2, -0.15) is 0 Å². The lowest BCUT2D eigenvalue weighted by molar-refractivity contribution is 0.283. The van der Waals surface area contributed by atoms with Crippen molar-refractivity contribution in [2.45, 2.75) is 289 Å². The first kappa shape index (κ1) is 90.8. The summed E-state index contributed by atoms with van der Waals surface area (Å²) >= 11 is 0. The molecule has 0 N–H and O–H groups in total. The Kier molecular flexibility index (Phi) is 48.9. The van der Waals surface area contributed by atoms with Gasteiger partial charge in [-0.05, 0) is 208 Å². The largest absolute Gasteiger partial charge is 0.0630 e. The van der Waals surface area contributed by atoms with Crippen molar-refractivity contribution < 1.29 is 0 Å². The predicted octanol–water partition coefficient (Wildman–Crippen LogP) is 30.9. The predicted molar refractivity (Wildman–Crippen MR) is 447 cm³/mol. The van der Waals surface area contributed by atoms with E-state index in [-0.39, 0.29) is 0 Å². The number of hydrogen-bond acceptors (Lipinski definition) is 0. The van der Waals surface area contributed by atoms with Crippen LogP contribution in [0.5, 0.6) is 0 Å². The topological polar surface area (TPSA) is 0 Å². The average Bonchev–Trinajstić information content (AvgIpc) is 1.26. The van der Waals surface area contributed by atoms with Crippen molar-refractivity contribution >= 4 is 10.8 Å². The maximum Gasteiger partial charge on any atom is -0.0181 e. The molecule has 2 saturated carbocycles. The third-order valence-corrected chi connectivity index (χ3v) is 18.2. The Morgan fingerprint density at radius 3 is 1.06 bits per heavy atom. The van der Waals surface area contributed by atoms with E-state index < -0.39 is 0 Å². The summed E-state index contributed by atoms with van der Waals surface area (Å²) in [5.74, 6) is 12.2. The highest BCUT2D eigenvalue weighted by atomic mass is 14.3. The molecule has 0 aromatic heterocycles. The zero-order chi connectivity index (χ0) is 73.6. The second-order valence-corrected chi connectivity index (χ2v) is 35.1. The maximum absolute atomic E-state index is 2.34. The van der Waals surface area contributed by atoms with Gasteiger partial charge in [-0.3, -0.25) is 0 Å². The van der Waals surface area contributed by atoms with Crippen LogP contribution in [0.4, 0.5) is 0 Å². The zero-order valence-corrected chi connectivity index (χ0v) is 68.9.